The lowest BCUT2D eigenvalue weighted by Gasteiger charge is -2.40. The van der Waals surface area contributed by atoms with Crippen LogP contribution in [0, 0.1) is 11.8 Å². The summed E-state index contributed by atoms with van der Waals surface area (Å²) in [5.41, 5.74) is 5.96. The summed E-state index contributed by atoms with van der Waals surface area (Å²) < 4.78 is 4.71. The van der Waals surface area contributed by atoms with Crippen LogP contribution in [-0.2, 0) is 21.4 Å². The highest BCUT2D eigenvalue weighted by Crippen LogP contribution is 2.44. The van der Waals surface area contributed by atoms with Crippen LogP contribution in [0.3, 0.4) is 0 Å². The predicted molar refractivity (Wildman–Crippen MR) is 113 cm³/mol. The molecule has 0 N–H and O–H groups in total. The normalized spacial score (nSPS) is 17.3. The van der Waals surface area contributed by atoms with E-state index >= 15 is 0 Å². The molecule has 3 nitrogen and oxygen atoms in total. The Kier molecular flexibility index (Phi) is 4.89. The van der Waals surface area contributed by atoms with Gasteiger partial charge in [-0.1, -0.05) is 37.8 Å². The molecule has 1 saturated carbocycles. The van der Waals surface area contributed by atoms with Crippen molar-refractivity contribution in [2.24, 2.45) is 0 Å². The van der Waals surface area contributed by atoms with E-state index in [-0.39, 0.29) is 11.4 Å². The molecule has 0 unspecified atom stereocenters. The summed E-state index contributed by atoms with van der Waals surface area (Å²) in [6.07, 6.45) is 4.14. The number of esters is 1. The van der Waals surface area contributed by atoms with Crippen LogP contribution in [0.15, 0.2) is 42.5 Å². The Balaban J connectivity index is 1.56. The van der Waals surface area contributed by atoms with E-state index in [0.717, 1.165) is 29.3 Å². The lowest BCUT2D eigenvalue weighted by molar-refractivity contribution is -0.139. The van der Waals surface area contributed by atoms with Crippen LogP contribution >= 0.6 is 0 Å². The monoisotopic (exact) mass is 373 g/mol. The molecule has 2 aromatic carbocycles. The smallest absolute Gasteiger partial charge is 0.309 e. The van der Waals surface area contributed by atoms with E-state index in [0.29, 0.717) is 6.42 Å². The molecule has 0 atom stereocenters. The molecule has 1 fully saturated rings. The molecule has 3 heteroatoms. The van der Waals surface area contributed by atoms with Gasteiger partial charge in [0.15, 0.2) is 0 Å². The number of carbonyl (C=O) groups is 1. The number of anilines is 1. The highest BCUT2D eigenvalue weighted by molar-refractivity contribution is 5.72. The minimum Gasteiger partial charge on any atom is -0.469 e. The van der Waals surface area contributed by atoms with Crippen molar-refractivity contribution in [3.05, 3.63) is 64.7 Å². The Labute approximate surface area is 167 Å². The summed E-state index contributed by atoms with van der Waals surface area (Å²) in [6, 6.07) is 15.2. The first kappa shape index (κ1) is 18.6. The van der Waals surface area contributed by atoms with Gasteiger partial charge in [-0.25, -0.2) is 0 Å². The van der Waals surface area contributed by atoms with Crippen LogP contribution in [0.2, 0.25) is 0 Å². The molecule has 4 rings (SSSR count). The zero-order chi connectivity index (χ0) is 19.7. The van der Waals surface area contributed by atoms with E-state index < -0.39 is 0 Å². The van der Waals surface area contributed by atoms with Gasteiger partial charge in [0.1, 0.15) is 0 Å². The standard InChI is InChI=1S/C25H27NO2/c1-25(2)14-15-26(21-11-12-21)23-13-10-19(16-22(23)25)7-4-18-5-8-20(9-6-18)17-24(27)28-3/h5-6,8-10,13,16,21H,11-12,14-15,17H2,1-3H3. The summed E-state index contributed by atoms with van der Waals surface area (Å²) >= 11 is 0. The number of hydrogen-bond acceptors (Lipinski definition) is 3. The van der Waals surface area contributed by atoms with Gasteiger partial charge in [-0.05, 0) is 66.1 Å². The van der Waals surface area contributed by atoms with Gasteiger partial charge in [0.05, 0.1) is 13.5 Å². The molecular formula is C25H27NO2. The molecule has 0 spiro atoms. The van der Waals surface area contributed by atoms with Crippen LogP contribution < -0.4 is 4.90 Å². The number of carbonyl (C=O) groups excluding carboxylic acids is 1. The van der Waals surface area contributed by atoms with Crippen LogP contribution in [0.5, 0.6) is 0 Å². The first-order chi connectivity index (χ1) is 13.5. The Morgan fingerprint density at radius 2 is 1.79 bits per heavy atom. The van der Waals surface area contributed by atoms with Crippen molar-refractivity contribution in [3.8, 4) is 11.8 Å². The van der Waals surface area contributed by atoms with Crippen molar-refractivity contribution in [1.82, 2.24) is 0 Å². The summed E-state index contributed by atoms with van der Waals surface area (Å²) in [4.78, 5) is 14.0. The second kappa shape index (κ2) is 7.36. The Morgan fingerprint density at radius 3 is 2.46 bits per heavy atom. The van der Waals surface area contributed by atoms with E-state index in [4.69, 9.17) is 4.74 Å². The Bertz CT molecular complexity index is 943. The van der Waals surface area contributed by atoms with Crippen molar-refractivity contribution in [2.45, 2.75) is 51.0 Å². The van der Waals surface area contributed by atoms with E-state index in [1.165, 1.54) is 37.6 Å². The largest absolute Gasteiger partial charge is 0.469 e. The number of ether oxygens (including phenoxy) is 1. The molecule has 0 radical (unpaired) electrons. The fraction of sp³-hybridized carbons (Fsp3) is 0.400. The number of hydrogen-bond donors (Lipinski definition) is 0. The molecule has 1 aliphatic carbocycles. The summed E-state index contributed by atoms with van der Waals surface area (Å²) in [6.45, 7) is 5.84. The number of benzene rings is 2. The Hall–Kier alpha value is -2.73. The highest BCUT2D eigenvalue weighted by Gasteiger charge is 2.37. The molecule has 0 saturated heterocycles. The quantitative estimate of drug-likeness (QED) is 0.588. The van der Waals surface area contributed by atoms with Crippen LogP contribution in [0.25, 0.3) is 0 Å². The van der Waals surface area contributed by atoms with Gasteiger partial charge in [-0.15, -0.1) is 0 Å². The molecule has 28 heavy (non-hydrogen) atoms. The zero-order valence-electron chi connectivity index (χ0n) is 16.9. The molecule has 2 aliphatic rings. The van der Waals surface area contributed by atoms with Gasteiger partial charge in [-0.3, -0.25) is 4.79 Å². The van der Waals surface area contributed by atoms with Crippen molar-refractivity contribution in [2.75, 3.05) is 18.6 Å². The zero-order valence-corrected chi connectivity index (χ0v) is 16.9. The van der Waals surface area contributed by atoms with Gasteiger partial charge >= 0.3 is 5.97 Å². The summed E-state index contributed by atoms with van der Waals surface area (Å²) in [5, 5.41) is 0. The SMILES string of the molecule is COC(=O)Cc1ccc(C#Cc2ccc3c(c2)C(C)(C)CCN3C2CC2)cc1. The average Bonchev–Trinajstić information content (AvgIpc) is 3.53. The number of nitrogens with zero attached hydrogens (tertiary/aromatic N) is 1. The minimum absolute atomic E-state index is 0.188. The Morgan fingerprint density at radius 1 is 1.11 bits per heavy atom. The van der Waals surface area contributed by atoms with Crippen LogP contribution in [0.1, 0.15) is 55.4 Å². The molecule has 2 aromatic rings. The maximum Gasteiger partial charge on any atom is 0.309 e. The first-order valence-corrected chi connectivity index (χ1v) is 10.1. The number of fused-ring (bicyclic) bond motifs is 1. The maximum absolute atomic E-state index is 11.4. The first-order valence-electron chi connectivity index (χ1n) is 10.1. The molecule has 1 aliphatic heterocycles. The lowest BCUT2D eigenvalue weighted by Crippen LogP contribution is -2.38. The van der Waals surface area contributed by atoms with E-state index in [2.05, 4.69) is 48.8 Å². The third-order valence-electron chi connectivity index (χ3n) is 5.88. The predicted octanol–water partition coefficient (Wildman–Crippen LogP) is 4.45. The van der Waals surface area contributed by atoms with Gasteiger partial charge in [-0.2, -0.15) is 0 Å². The second-order valence-corrected chi connectivity index (χ2v) is 8.49. The third kappa shape index (κ3) is 3.92. The average molecular weight is 373 g/mol. The van der Waals surface area contributed by atoms with Crippen molar-refractivity contribution in [1.29, 1.82) is 0 Å². The van der Waals surface area contributed by atoms with E-state index in [1.807, 2.05) is 24.3 Å². The minimum atomic E-state index is -0.226. The molecular weight excluding hydrogens is 346 g/mol. The number of rotatable bonds is 3. The lowest BCUT2D eigenvalue weighted by atomic mass is 9.77. The fourth-order valence-electron chi connectivity index (χ4n) is 3.92. The highest BCUT2D eigenvalue weighted by atomic mass is 16.5. The molecule has 144 valence electrons. The van der Waals surface area contributed by atoms with E-state index in [9.17, 15) is 4.79 Å². The van der Waals surface area contributed by atoms with Crippen molar-refractivity contribution >= 4 is 11.7 Å². The van der Waals surface area contributed by atoms with Crippen LogP contribution in [0.4, 0.5) is 5.69 Å². The fourth-order valence-corrected chi connectivity index (χ4v) is 3.92. The molecule has 0 amide bonds. The van der Waals surface area contributed by atoms with Gasteiger partial charge in [0.2, 0.25) is 0 Å². The van der Waals surface area contributed by atoms with E-state index in [1.54, 1.807) is 0 Å². The summed E-state index contributed by atoms with van der Waals surface area (Å²) in [7, 11) is 1.41. The van der Waals surface area contributed by atoms with Crippen molar-refractivity contribution < 1.29 is 9.53 Å². The molecule has 0 aromatic heterocycles. The van der Waals surface area contributed by atoms with Gasteiger partial charge < -0.3 is 9.64 Å². The van der Waals surface area contributed by atoms with Gasteiger partial charge in [0.25, 0.3) is 0 Å². The topological polar surface area (TPSA) is 29.5 Å². The third-order valence-corrected chi connectivity index (χ3v) is 5.88. The van der Waals surface area contributed by atoms with Crippen molar-refractivity contribution in [3.63, 3.8) is 0 Å². The molecule has 1 heterocycles. The summed E-state index contributed by atoms with van der Waals surface area (Å²) in [5.74, 6) is 6.35. The van der Waals surface area contributed by atoms with Gasteiger partial charge in [0, 0.05) is 29.4 Å². The van der Waals surface area contributed by atoms with Crippen LogP contribution in [-0.4, -0.2) is 25.7 Å². The second-order valence-electron chi connectivity index (χ2n) is 8.49. The number of methoxy groups -OCH3 is 1. The maximum atomic E-state index is 11.4. The molecule has 0 bridgehead atoms.